The summed E-state index contributed by atoms with van der Waals surface area (Å²) in [4.78, 5) is 37.0. The highest BCUT2D eigenvalue weighted by Crippen LogP contribution is 2.69. The highest BCUT2D eigenvalue weighted by atomic mass is 16.6. The molecule has 0 bridgehead atoms. The van der Waals surface area contributed by atoms with Crippen LogP contribution in [0.1, 0.15) is 87.0 Å². The molecule has 38 heavy (non-hydrogen) atoms. The lowest BCUT2D eigenvalue weighted by Gasteiger charge is -2.53. The molecule has 5 rings (SSSR count). The van der Waals surface area contributed by atoms with Gasteiger partial charge in [-0.1, -0.05) is 44.6 Å². The molecule has 0 spiro atoms. The van der Waals surface area contributed by atoms with E-state index in [-0.39, 0.29) is 58.7 Å². The van der Waals surface area contributed by atoms with Gasteiger partial charge in [0.25, 0.3) is 0 Å². The Morgan fingerprint density at radius 3 is 2.55 bits per heavy atom. The minimum Gasteiger partial charge on any atom is -0.462 e. The molecule has 206 valence electrons. The van der Waals surface area contributed by atoms with E-state index in [2.05, 4.69) is 26.8 Å². The first kappa shape index (κ1) is 27.0. The SMILES string of the molecule is CC(=O)OC1CC(C(C)C2CC=C(C)C(=O)O2)C2(C)CCC3=C(CCC4C(=C3)C=CC(=O)OC4(C)C)C12C. The molecule has 2 heterocycles. The first-order valence-corrected chi connectivity index (χ1v) is 14.2. The standard InChI is InChI=1S/C32H42O6/c1-18-8-12-26(37-29(18)35)19(2)25-17-27(36-20(3)33)32(7)24-11-10-23-21(9-13-28(34)38-30(23,4)5)16-22(24)14-15-31(25,32)6/h8-9,13,16,19,23,25-27H,10-12,14-15,17H2,1-7H3. The third-order valence-corrected chi connectivity index (χ3v) is 10.9. The van der Waals surface area contributed by atoms with Crippen molar-refractivity contribution >= 4 is 17.9 Å². The summed E-state index contributed by atoms with van der Waals surface area (Å²) in [5.74, 6) is -0.325. The summed E-state index contributed by atoms with van der Waals surface area (Å²) >= 11 is 0. The third kappa shape index (κ3) is 4.10. The Hall–Kier alpha value is -2.63. The Kier molecular flexibility index (Phi) is 6.55. The molecule has 2 aliphatic heterocycles. The van der Waals surface area contributed by atoms with Crippen LogP contribution >= 0.6 is 0 Å². The maximum atomic E-state index is 12.4. The molecule has 7 unspecified atom stereocenters. The summed E-state index contributed by atoms with van der Waals surface area (Å²) in [6.07, 6.45) is 12.4. The summed E-state index contributed by atoms with van der Waals surface area (Å²) in [7, 11) is 0. The van der Waals surface area contributed by atoms with E-state index in [1.807, 2.05) is 26.0 Å². The van der Waals surface area contributed by atoms with Crippen molar-refractivity contribution in [3.63, 3.8) is 0 Å². The van der Waals surface area contributed by atoms with Crippen molar-refractivity contribution in [2.75, 3.05) is 0 Å². The first-order valence-electron chi connectivity index (χ1n) is 14.2. The van der Waals surface area contributed by atoms with Crippen LogP contribution < -0.4 is 0 Å². The van der Waals surface area contributed by atoms with E-state index in [0.717, 1.165) is 44.1 Å². The van der Waals surface area contributed by atoms with Crippen molar-refractivity contribution < 1.29 is 28.6 Å². The van der Waals surface area contributed by atoms with Crippen molar-refractivity contribution in [2.24, 2.45) is 28.6 Å². The molecule has 6 nitrogen and oxygen atoms in total. The maximum absolute atomic E-state index is 12.4. The van der Waals surface area contributed by atoms with Gasteiger partial charge in [-0.3, -0.25) is 4.79 Å². The van der Waals surface area contributed by atoms with Gasteiger partial charge in [0.1, 0.15) is 17.8 Å². The molecule has 0 aromatic carbocycles. The summed E-state index contributed by atoms with van der Waals surface area (Å²) < 4.78 is 17.9. The van der Waals surface area contributed by atoms with E-state index in [9.17, 15) is 14.4 Å². The second kappa shape index (κ2) is 9.24. The maximum Gasteiger partial charge on any atom is 0.333 e. The van der Waals surface area contributed by atoms with Crippen LogP contribution in [-0.4, -0.2) is 35.7 Å². The van der Waals surface area contributed by atoms with Gasteiger partial charge in [-0.05, 0) is 81.3 Å². The zero-order valence-electron chi connectivity index (χ0n) is 23.9. The molecule has 7 atom stereocenters. The van der Waals surface area contributed by atoms with Gasteiger partial charge in [-0.15, -0.1) is 0 Å². The molecule has 3 aliphatic carbocycles. The number of hydrogen-bond donors (Lipinski definition) is 0. The molecule has 0 saturated heterocycles. The lowest BCUT2D eigenvalue weighted by Crippen LogP contribution is -2.49. The van der Waals surface area contributed by atoms with Gasteiger partial charge in [0, 0.05) is 36.3 Å². The molecule has 0 amide bonds. The van der Waals surface area contributed by atoms with Gasteiger partial charge in [0.05, 0.1) is 0 Å². The number of carbonyl (C=O) groups is 3. The predicted molar refractivity (Wildman–Crippen MR) is 144 cm³/mol. The van der Waals surface area contributed by atoms with E-state index < -0.39 is 5.60 Å². The minimum atomic E-state index is -0.607. The first-order chi connectivity index (χ1) is 17.8. The number of rotatable bonds is 3. The summed E-state index contributed by atoms with van der Waals surface area (Å²) in [5.41, 5.74) is 3.42. The zero-order chi connectivity index (χ0) is 27.6. The normalized spacial score (nSPS) is 38.8. The van der Waals surface area contributed by atoms with Gasteiger partial charge in [0.15, 0.2) is 0 Å². The molecule has 0 N–H and O–H groups in total. The fourth-order valence-corrected chi connectivity index (χ4v) is 8.52. The van der Waals surface area contributed by atoms with Crippen LogP contribution in [0.3, 0.4) is 0 Å². The number of carbonyl (C=O) groups excluding carboxylic acids is 3. The van der Waals surface area contributed by atoms with Gasteiger partial charge < -0.3 is 14.2 Å². The third-order valence-electron chi connectivity index (χ3n) is 10.9. The predicted octanol–water partition coefficient (Wildman–Crippen LogP) is 6.17. The second-order valence-electron chi connectivity index (χ2n) is 13.1. The molecule has 1 fully saturated rings. The molecule has 1 saturated carbocycles. The van der Waals surface area contributed by atoms with E-state index in [4.69, 9.17) is 14.2 Å². The number of hydrogen-bond acceptors (Lipinski definition) is 6. The monoisotopic (exact) mass is 522 g/mol. The minimum absolute atomic E-state index is 0.0885. The van der Waals surface area contributed by atoms with Crippen molar-refractivity contribution in [1.29, 1.82) is 0 Å². The average molecular weight is 523 g/mol. The van der Waals surface area contributed by atoms with Crippen molar-refractivity contribution in [3.05, 3.63) is 46.6 Å². The number of cyclic esters (lactones) is 2. The van der Waals surface area contributed by atoms with Crippen molar-refractivity contribution in [3.8, 4) is 0 Å². The van der Waals surface area contributed by atoms with Crippen LogP contribution in [0.25, 0.3) is 0 Å². The Labute approximate surface area is 226 Å². The topological polar surface area (TPSA) is 78.9 Å². The molecule has 0 aromatic rings. The van der Waals surface area contributed by atoms with Crippen molar-refractivity contribution in [1.82, 2.24) is 0 Å². The van der Waals surface area contributed by atoms with Crippen LogP contribution in [0.5, 0.6) is 0 Å². The number of esters is 3. The van der Waals surface area contributed by atoms with Gasteiger partial charge in [-0.2, -0.15) is 0 Å². The summed E-state index contributed by atoms with van der Waals surface area (Å²) in [6.45, 7) is 14.2. The Balaban J connectivity index is 1.56. The Morgan fingerprint density at radius 2 is 1.87 bits per heavy atom. The molecule has 0 aromatic heterocycles. The van der Waals surface area contributed by atoms with E-state index in [1.165, 1.54) is 18.1 Å². The van der Waals surface area contributed by atoms with E-state index in [0.29, 0.717) is 5.57 Å². The lowest BCUT2D eigenvalue weighted by atomic mass is 9.52. The van der Waals surface area contributed by atoms with Gasteiger partial charge in [0.2, 0.25) is 0 Å². The molecule has 5 aliphatic rings. The number of fused-ring (bicyclic) bond motifs is 3. The second-order valence-corrected chi connectivity index (χ2v) is 13.1. The number of ether oxygens (including phenoxy) is 3. The van der Waals surface area contributed by atoms with Gasteiger partial charge in [-0.25, -0.2) is 9.59 Å². The van der Waals surface area contributed by atoms with Crippen LogP contribution in [0.15, 0.2) is 46.6 Å². The van der Waals surface area contributed by atoms with E-state index >= 15 is 0 Å². The van der Waals surface area contributed by atoms with Crippen LogP contribution in [0.2, 0.25) is 0 Å². The van der Waals surface area contributed by atoms with Crippen LogP contribution in [0.4, 0.5) is 0 Å². The lowest BCUT2D eigenvalue weighted by molar-refractivity contribution is -0.154. The number of allylic oxidation sites excluding steroid dienone is 3. The Morgan fingerprint density at radius 1 is 1.13 bits per heavy atom. The smallest absolute Gasteiger partial charge is 0.333 e. The molecular formula is C32H42O6. The molecular weight excluding hydrogens is 480 g/mol. The Bertz CT molecular complexity index is 1180. The van der Waals surface area contributed by atoms with Crippen molar-refractivity contribution in [2.45, 2.75) is 105 Å². The largest absolute Gasteiger partial charge is 0.462 e. The molecule has 6 heteroatoms. The zero-order valence-corrected chi connectivity index (χ0v) is 23.9. The highest BCUT2D eigenvalue weighted by molar-refractivity contribution is 5.88. The fraction of sp³-hybridized carbons (Fsp3) is 0.656. The quantitative estimate of drug-likeness (QED) is 0.326. The molecule has 0 radical (unpaired) electrons. The highest BCUT2D eigenvalue weighted by Gasteiger charge is 2.65. The summed E-state index contributed by atoms with van der Waals surface area (Å²) in [5, 5.41) is 0. The average Bonchev–Trinajstić information content (AvgIpc) is 2.96. The fourth-order valence-electron chi connectivity index (χ4n) is 8.52. The summed E-state index contributed by atoms with van der Waals surface area (Å²) in [6, 6.07) is 0. The van der Waals surface area contributed by atoms with Gasteiger partial charge >= 0.3 is 17.9 Å². The van der Waals surface area contributed by atoms with Crippen LogP contribution in [-0.2, 0) is 28.6 Å². The van der Waals surface area contributed by atoms with E-state index in [1.54, 1.807) is 13.0 Å². The van der Waals surface area contributed by atoms with Crippen LogP contribution in [0, 0.1) is 28.6 Å².